The predicted molar refractivity (Wildman–Crippen MR) is 61.4 cm³/mol. The molecule has 0 saturated carbocycles. The van der Waals surface area contributed by atoms with Gasteiger partial charge in [0.15, 0.2) is 0 Å². The Morgan fingerprint density at radius 3 is 2.67 bits per heavy atom. The average molecular weight is 216 g/mol. The zero-order valence-corrected chi connectivity index (χ0v) is 10.0. The number of amides is 1. The van der Waals surface area contributed by atoms with Crippen LogP contribution in [0.5, 0.6) is 0 Å². The van der Waals surface area contributed by atoms with Gasteiger partial charge in [-0.1, -0.05) is 13.3 Å². The highest BCUT2D eigenvalue weighted by atomic mass is 16.3. The van der Waals surface area contributed by atoms with Crippen molar-refractivity contribution < 1.29 is 9.90 Å². The van der Waals surface area contributed by atoms with Crippen LogP contribution in [0.3, 0.4) is 0 Å². The largest absolute Gasteiger partial charge is 0.396 e. The number of nitrogens with two attached hydrogens (primary N) is 1. The summed E-state index contributed by atoms with van der Waals surface area (Å²) in [5.41, 5.74) is 5.11. The molecule has 0 bridgehead atoms. The van der Waals surface area contributed by atoms with E-state index in [9.17, 15) is 4.79 Å². The van der Waals surface area contributed by atoms with Crippen molar-refractivity contribution in [2.45, 2.75) is 58.0 Å². The van der Waals surface area contributed by atoms with Crippen molar-refractivity contribution in [1.82, 2.24) is 5.32 Å². The summed E-state index contributed by atoms with van der Waals surface area (Å²) in [6.07, 6.45) is 3.07. The number of aliphatic hydroxyl groups excluding tert-OH is 1. The molecule has 0 aromatic heterocycles. The molecule has 2 atom stereocenters. The van der Waals surface area contributed by atoms with E-state index >= 15 is 0 Å². The summed E-state index contributed by atoms with van der Waals surface area (Å²) in [5, 5.41) is 11.5. The Morgan fingerprint density at radius 1 is 1.60 bits per heavy atom. The Balaban J connectivity index is 4.00. The molecule has 15 heavy (non-hydrogen) atoms. The van der Waals surface area contributed by atoms with Gasteiger partial charge in [0.1, 0.15) is 0 Å². The third kappa shape index (κ3) is 5.74. The zero-order valence-electron chi connectivity index (χ0n) is 10.0. The van der Waals surface area contributed by atoms with Gasteiger partial charge in [-0.2, -0.15) is 0 Å². The molecule has 0 fully saturated rings. The minimum Gasteiger partial charge on any atom is -0.396 e. The molecule has 4 heteroatoms. The predicted octanol–water partition coefficient (Wildman–Crippen LogP) is 0.781. The van der Waals surface area contributed by atoms with Crippen LogP contribution in [-0.4, -0.2) is 29.2 Å². The maximum Gasteiger partial charge on any atom is 0.240 e. The van der Waals surface area contributed by atoms with E-state index < -0.39 is 5.54 Å². The van der Waals surface area contributed by atoms with Crippen molar-refractivity contribution in [1.29, 1.82) is 0 Å². The molecule has 0 aliphatic heterocycles. The molecular formula is C11H24N2O2. The van der Waals surface area contributed by atoms with Crippen LogP contribution in [0, 0.1) is 0 Å². The first-order valence-electron chi connectivity index (χ1n) is 5.64. The van der Waals surface area contributed by atoms with Crippen LogP contribution in [0.1, 0.15) is 46.5 Å². The van der Waals surface area contributed by atoms with Gasteiger partial charge in [0, 0.05) is 12.6 Å². The summed E-state index contributed by atoms with van der Waals surface area (Å²) in [4.78, 5) is 11.7. The first kappa shape index (κ1) is 14.4. The third-order valence-corrected chi connectivity index (χ3v) is 2.46. The van der Waals surface area contributed by atoms with Gasteiger partial charge in [-0.25, -0.2) is 0 Å². The van der Waals surface area contributed by atoms with Gasteiger partial charge in [-0.15, -0.1) is 0 Å². The minimum absolute atomic E-state index is 0.0735. The van der Waals surface area contributed by atoms with E-state index in [2.05, 4.69) is 5.32 Å². The summed E-state index contributed by atoms with van der Waals surface area (Å²) in [7, 11) is 0. The molecule has 90 valence electrons. The Labute approximate surface area is 92.2 Å². The summed E-state index contributed by atoms with van der Waals surface area (Å²) in [6, 6.07) is 0.0735. The van der Waals surface area contributed by atoms with E-state index in [0.717, 1.165) is 12.8 Å². The molecule has 1 amide bonds. The van der Waals surface area contributed by atoms with Crippen LogP contribution in [0.15, 0.2) is 0 Å². The standard InChI is InChI=1S/C11H24N2O2/c1-4-7-11(3,12)10(15)13-9(2)6-5-8-14/h9,14H,4-8,12H2,1-3H3,(H,13,15). The molecule has 0 spiro atoms. The lowest BCUT2D eigenvalue weighted by molar-refractivity contribution is -0.126. The number of hydrogen-bond donors (Lipinski definition) is 3. The van der Waals surface area contributed by atoms with E-state index in [0.29, 0.717) is 12.8 Å². The van der Waals surface area contributed by atoms with Gasteiger partial charge >= 0.3 is 0 Å². The Kier molecular flexibility index (Phi) is 6.52. The van der Waals surface area contributed by atoms with E-state index in [1.807, 2.05) is 13.8 Å². The smallest absolute Gasteiger partial charge is 0.240 e. The fourth-order valence-electron chi connectivity index (χ4n) is 1.49. The lowest BCUT2D eigenvalue weighted by atomic mass is 9.96. The summed E-state index contributed by atoms with van der Waals surface area (Å²) < 4.78 is 0. The topological polar surface area (TPSA) is 75.4 Å². The molecule has 0 aromatic rings. The van der Waals surface area contributed by atoms with Crippen LogP contribution in [0.4, 0.5) is 0 Å². The molecule has 2 unspecified atom stereocenters. The number of carbonyl (C=O) groups is 1. The maximum atomic E-state index is 11.7. The van der Waals surface area contributed by atoms with E-state index in [-0.39, 0.29) is 18.6 Å². The molecule has 0 heterocycles. The first-order chi connectivity index (χ1) is 6.94. The second kappa shape index (κ2) is 6.80. The first-order valence-corrected chi connectivity index (χ1v) is 5.64. The van der Waals surface area contributed by atoms with Gasteiger partial charge in [0.05, 0.1) is 5.54 Å². The number of rotatable bonds is 7. The molecular weight excluding hydrogens is 192 g/mol. The van der Waals surface area contributed by atoms with Crippen LogP contribution in [0.25, 0.3) is 0 Å². The lowest BCUT2D eigenvalue weighted by Crippen LogP contribution is -2.53. The van der Waals surface area contributed by atoms with E-state index in [1.165, 1.54) is 0 Å². The number of hydrogen-bond acceptors (Lipinski definition) is 3. The number of nitrogens with one attached hydrogen (secondary N) is 1. The van der Waals surface area contributed by atoms with Crippen molar-refractivity contribution in [2.75, 3.05) is 6.61 Å². The van der Waals surface area contributed by atoms with Crippen molar-refractivity contribution in [3.8, 4) is 0 Å². The SMILES string of the molecule is CCCC(C)(N)C(=O)NC(C)CCCO. The van der Waals surface area contributed by atoms with Crippen molar-refractivity contribution in [3.05, 3.63) is 0 Å². The highest BCUT2D eigenvalue weighted by Gasteiger charge is 2.27. The van der Waals surface area contributed by atoms with Crippen LogP contribution in [-0.2, 0) is 4.79 Å². The number of carbonyl (C=O) groups excluding carboxylic acids is 1. The monoisotopic (exact) mass is 216 g/mol. The van der Waals surface area contributed by atoms with Crippen LogP contribution in [0.2, 0.25) is 0 Å². The fraction of sp³-hybridized carbons (Fsp3) is 0.909. The molecule has 4 N–H and O–H groups in total. The summed E-state index contributed by atoms with van der Waals surface area (Å²) in [6.45, 7) is 5.85. The third-order valence-electron chi connectivity index (χ3n) is 2.46. The molecule has 0 aliphatic rings. The molecule has 0 aromatic carbocycles. The van der Waals surface area contributed by atoms with Crippen LogP contribution < -0.4 is 11.1 Å². The average Bonchev–Trinajstić information content (AvgIpc) is 2.14. The molecule has 4 nitrogen and oxygen atoms in total. The molecule has 0 saturated heterocycles. The Bertz CT molecular complexity index is 193. The van der Waals surface area contributed by atoms with Crippen molar-refractivity contribution in [3.63, 3.8) is 0 Å². The van der Waals surface area contributed by atoms with Gasteiger partial charge in [-0.05, 0) is 33.1 Å². The van der Waals surface area contributed by atoms with Gasteiger partial charge in [-0.3, -0.25) is 4.79 Å². The Morgan fingerprint density at radius 2 is 2.20 bits per heavy atom. The second-order valence-electron chi connectivity index (χ2n) is 4.41. The van der Waals surface area contributed by atoms with Gasteiger partial charge in [0.25, 0.3) is 0 Å². The molecule has 0 rings (SSSR count). The van der Waals surface area contributed by atoms with Gasteiger partial charge in [0.2, 0.25) is 5.91 Å². The quantitative estimate of drug-likeness (QED) is 0.588. The zero-order chi connectivity index (χ0) is 11.9. The Hall–Kier alpha value is -0.610. The van der Waals surface area contributed by atoms with Crippen LogP contribution >= 0.6 is 0 Å². The number of aliphatic hydroxyl groups is 1. The summed E-state index contributed by atoms with van der Waals surface area (Å²) in [5.74, 6) is -0.102. The second-order valence-corrected chi connectivity index (χ2v) is 4.41. The molecule has 0 radical (unpaired) electrons. The maximum absolute atomic E-state index is 11.7. The fourth-order valence-corrected chi connectivity index (χ4v) is 1.49. The van der Waals surface area contributed by atoms with Gasteiger partial charge < -0.3 is 16.2 Å². The van der Waals surface area contributed by atoms with E-state index in [1.54, 1.807) is 6.92 Å². The lowest BCUT2D eigenvalue weighted by Gasteiger charge is -2.25. The highest BCUT2D eigenvalue weighted by molar-refractivity contribution is 5.85. The highest BCUT2D eigenvalue weighted by Crippen LogP contribution is 2.09. The molecule has 0 aliphatic carbocycles. The van der Waals surface area contributed by atoms with Crippen molar-refractivity contribution >= 4 is 5.91 Å². The van der Waals surface area contributed by atoms with Crippen molar-refractivity contribution in [2.24, 2.45) is 5.73 Å². The minimum atomic E-state index is -0.776. The van der Waals surface area contributed by atoms with E-state index in [4.69, 9.17) is 10.8 Å². The normalized spacial score (nSPS) is 16.9. The summed E-state index contributed by atoms with van der Waals surface area (Å²) >= 11 is 0.